The maximum Gasteiger partial charge on any atom is 0.330 e. The molecule has 0 radical (unpaired) electrons. The standard InChI is InChI=1S/C12H14N2O2S/c1-3-10-5-4-9(7-13-10)12(17)14-8(2)6-11(15)16/h4-7H,3H2,1-2H3,(H,14,17)(H,15,16)/b8-6+. The normalized spacial score (nSPS) is 11.1. The monoisotopic (exact) mass is 250 g/mol. The number of carboxylic acids is 1. The molecule has 0 fully saturated rings. The van der Waals surface area contributed by atoms with E-state index in [0.717, 1.165) is 23.8 Å². The summed E-state index contributed by atoms with van der Waals surface area (Å²) in [5.74, 6) is -1.00. The van der Waals surface area contributed by atoms with Gasteiger partial charge in [-0.2, -0.15) is 0 Å². The third-order valence-electron chi connectivity index (χ3n) is 2.10. The molecule has 2 N–H and O–H groups in total. The number of hydrogen-bond donors (Lipinski definition) is 2. The van der Waals surface area contributed by atoms with Crippen LogP contribution in [-0.2, 0) is 11.2 Å². The number of nitrogens with one attached hydrogen (secondary N) is 1. The van der Waals surface area contributed by atoms with Crippen LogP contribution in [-0.4, -0.2) is 21.0 Å². The van der Waals surface area contributed by atoms with E-state index in [1.807, 2.05) is 19.1 Å². The Labute approximate surface area is 105 Å². The van der Waals surface area contributed by atoms with Crippen LogP contribution in [0.25, 0.3) is 0 Å². The molecule has 1 aromatic heterocycles. The number of aryl methyl sites for hydroxylation is 1. The van der Waals surface area contributed by atoms with Crippen molar-refractivity contribution in [3.8, 4) is 0 Å². The van der Waals surface area contributed by atoms with E-state index in [-0.39, 0.29) is 0 Å². The molecule has 0 bridgehead atoms. The highest BCUT2D eigenvalue weighted by Gasteiger charge is 2.03. The summed E-state index contributed by atoms with van der Waals surface area (Å²) >= 11 is 5.14. The third-order valence-corrected chi connectivity index (χ3v) is 2.44. The van der Waals surface area contributed by atoms with Gasteiger partial charge in [0.1, 0.15) is 4.99 Å². The number of pyridine rings is 1. The van der Waals surface area contributed by atoms with Crippen LogP contribution in [0.1, 0.15) is 25.1 Å². The summed E-state index contributed by atoms with van der Waals surface area (Å²) in [6, 6.07) is 3.77. The molecule has 0 saturated carbocycles. The highest BCUT2D eigenvalue weighted by Crippen LogP contribution is 2.03. The number of aromatic nitrogens is 1. The quantitative estimate of drug-likeness (QED) is 0.631. The van der Waals surface area contributed by atoms with Gasteiger partial charge in [-0.3, -0.25) is 4.98 Å². The summed E-state index contributed by atoms with van der Waals surface area (Å²) < 4.78 is 0. The lowest BCUT2D eigenvalue weighted by Crippen LogP contribution is -2.21. The lowest BCUT2D eigenvalue weighted by Gasteiger charge is -2.07. The van der Waals surface area contributed by atoms with Crippen molar-refractivity contribution in [2.75, 3.05) is 0 Å². The van der Waals surface area contributed by atoms with Gasteiger partial charge in [-0.1, -0.05) is 19.1 Å². The fourth-order valence-electron chi connectivity index (χ4n) is 1.24. The first-order valence-electron chi connectivity index (χ1n) is 5.20. The Hall–Kier alpha value is -1.75. The number of nitrogens with zero attached hydrogens (tertiary/aromatic N) is 1. The van der Waals surface area contributed by atoms with E-state index in [1.165, 1.54) is 0 Å². The molecule has 0 aliphatic heterocycles. The van der Waals surface area contributed by atoms with E-state index in [9.17, 15) is 4.79 Å². The number of aliphatic carboxylic acids is 1. The van der Waals surface area contributed by atoms with Gasteiger partial charge in [0.25, 0.3) is 0 Å². The minimum absolute atomic E-state index is 0.468. The van der Waals surface area contributed by atoms with Crippen molar-refractivity contribution in [3.05, 3.63) is 41.4 Å². The van der Waals surface area contributed by atoms with Crippen molar-refractivity contribution in [1.29, 1.82) is 0 Å². The molecule has 0 aliphatic carbocycles. The molecule has 17 heavy (non-hydrogen) atoms. The first kappa shape index (κ1) is 13.3. The summed E-state index contributed by atoms with van der Waals surface area (Å²) in [7, 11) is 0. The maximum atomic E-state index is 10.4. The molecule has 0 saturated heterocycles. The van der Waals surface area contributed by atoms with Gasteiger partial charge in [0.2, 0.25) is 0 Å². The predicted molar refractivity (Wildman–Crippen MR) is 69.8 cm³/mol. The molecule has 0 unspecified atom stereocenters. The van der Waals surface area contributed by atoms with Gasteiger partial charge in [0, 0.05) is 29.2 Å². The van der Waals surface area contributed by atoms with E-state index >= 15 is 0 Å². The van der Waals surface area contributed by atoms with Gasteiger partial charge < -0.3 is 10.4 Å². The zero-order valence-electron chi connectivity index (χ0n) is 9.73. The molecule has 4 nitrogen and oxygen atoms in total. The smallest absolute Gasteiger partial charge is 0.330 e. The van der Waals surface area contributed by atoms with Gasteiger partial charge in [0.05, 0.1) is 0 Å². The second-order valence-corrected chi connectivity index (χ2v) is 3.92. The average molecular weight is 250 g/mol. The van der Waals surface area contributed by atoms with Gasteiger partial charge in [-0.25, -0.2) is 4.79 Å². The van der Waals surface area contributed by atoms with Crippen molar-refractivity contribution < 1.29 is 9.90 Å². The fraction of sp³-hybridized carbons (Fsp3) is 0.250. The van der Waals surface area contributed by atoms with Crippen molar-refractivity contribution in [2.45, 2.75) is 20.3 Å². The second-order valence-electron chi connectivity index (χ2n) is 3.51. The number of carbonyl (C=O) groups is 1. The molecule has 0 spiro atoms. The number of allylic oxidation sites excluding steroid dienone is 1. The summed E-state index contributed by atoms with van der Waals surface area (Å²) in [5.41, 5.74) is 2.26. The molecule has 1 heterocycles. The molecule has 1 rings (SSSR count). The first-order chi connectivity index (χ1) is 8.02. The number of thiocarbonyl (C=S) groups is 1. The van der Waals surface area contributed by atoms with E-state index in [2.05, 4.69) is 10.3 Å². The lowest BCUT2D eigenvalue weighted by molar-refractivity contribution is -0.131. The summed E-state index contributed by atoms with van der Waals surface area (Å²) in [4.78, 5) is 15.1. The Morgan fingerprint density at radius 1 is 1.59 bits per heavy atom. The Bertz CT molecular complexity index is 452. The number of carboxylic acid groups (broad SMARTS) is 1. The van der Waals surface area contributed by atoms with Crippen LogP contribution in [0.4, 0.5) is 0 Å². The van der Waals surface area contributed by atoms with Crippen LogP contribution in [0.15, 0.2) is 30.1 Å². The Morgan fingerprint density at radius 2 is 2.29 bits per heavy atom. The van der Waals surface area contributed by atoms with Crippen LogP contribution >= 0.6 is 12.2 Å². The molecule has 1 aromatic rings. The van der Waals surface area contributed by atoms with Crippen molar-refractivity contribution in [1.82, 2.24) is 10.3 Å². The molecule has 0 aromatic carbocycles. The van der Waals surface area contributed by atoms with E-state index in [4.69, 9.17) is 17.3 Å². The van der Waals surface area contributed by atoms with Gasteiger partial charge >= 0.3 is 5.97 Å². The van der Waals surface area contributed by atoms with Gasteiger partial charge in [0.15, 0.2) is 0 Å². The number of hydrogen-bond acceptors (Lipinski definition) is 3. The number of rotatable bonds is 4. The minimum atomic E-state index is -1.00. The predicted octanol–water partition coefficient (Wildman–Crippen LogP) is 1.90. The Kier molecular flexibility index (Phi) is 4.78. The zero-order chi connectivity index (χ0) is 12.8. The van der Waals surface area contributed by atoms with Gasteiger partial charge in [-0.15, -0.1) is 0 Å². The summed E-state index contributed by atoms with van der Waals surface area (Å²) in [5, 5.41) is 11.4. The third kappa shape index (κ3) is 4.32. The molecular formula is C12H14N2O2S. The Morgan fingerprint density at radius 3 is 2.76 bits per heavy atom. The molecule has 0 aliphatic rings. The van der Waals surface area contributed by atoms with Crippen LogP contribution in [0.5, 0.6) is 0 Å². The molecule has 0 amide bonds. The largest absolute Gasteiger partial charge is 0.478 e. The minimum Gasteiger partial charge on any atom is -0.478 e. The highest BCUT2D eigenvalue weighted by atomic mass is 32.1. The van der Waals surface area contributed by atoms with Crippen LogP contribution in [0.3, 0.4) is 0 Å². The lowest BCUT2D eigenvalue weighted by atomic mass is 10.2. The van der Waals surface area contributed by atoms with Gasteiger partial charge in [-0.05, 0) is 25.5 Å². The molecule has 5 heteroatoms. The van der Waals surface area contributed by atoms with Crippen LogP contribution < -0.4 is 5.32 Å². The summed E-state index contributed by atoms with van der Waals surface area (Å²) in [6.07, 6.45) is 3.63. The van der Waals surface area contributed by atoms with Crippen molar-refractivity contribution >= 4 is 23.2 Å². The highest BCUT2D eigenvalue weighted by molar-refractivity contribution is 7.80. The maximum absolute atomic E-state index is 10.4. The zero-order valence-corrected chi connectivity index (χ0v) is 10.5. The van der Waals surface area contributed by atoms with E-state index in [0.29, 0.717) is 10.7 Å². The second kappa shape index (κ2) is 6.10. The van der Waals surface area contributed by atoms with Crippen molar-refractivity contribution in [3.63, 3.8) is 0 Å². The van der Waals surface area contributed by atoms with E-state index < -0.39 is 5.97 Å². The molecule has 90 valence electrons. The average Bonchev–Trinajstić information content (AvgIpc) is 2.28. The van der Waals surface area contributed by atoms with Crippen LogP contribution in [0.2, 0.25) is 0 Å². The summed E-state index contributed by atoms with van der Waals surface area (Å²) in [6.45, 7) is 3.67. The van der Waals surface area contributed by atoms with Crippen molar-refractivity contribution in [2.24, 2.45) is 0 Å². The molecule has 0 atom stereocenters. The first-order valence-corrected chi connectivity index (χ1v) is 5.61. The topological polar surface area (TPSA) is 62.2 Å². The van der Waals surface area contributed by atoms with Crippen LogP contribution in [0, 0.1) is 0 Å². The Balaban J connectivity index is 2.73. The SMILES string of the molecule is CCc1ccc(C(=S)N/C(C)=C/C(=O)O)cn1. The van der Waals surface area contributed by atoms with E-state index in [1.54, 1.807) is 13.1 Å². The fourth-order valence-corrected chi connectivity index (χ4v) is 1.52. The molecular weight excluding hydrogens is 236 g/mol.